The minimum absolute atomic E-state index is 0.104. The standard InChI is InChI=1S/C30H32N2O5/c1-3-17-30(2,28(35)32(19-27(33)34)18-21-11-5-4-6-12-21)31-29(36)37-20-26-24-15-9-7-13-22(24)23-14-8-10-16-25(23)26/h4-16,26H,3,17-20H2,1-2H3,(H,31,36)(H,33,34). The molecule has 0 aliphatic heterocycles. The molecule has 0 aromatic heterocycles. The largest absolute Gasteiger partial charge is 0.480 e. The molecule has 7 heteroatoms. The number of carboxylic acid groups (broad SMARTS) is 1. The van der Waals surface area contributed by atoms with Gasteiger partial charge in [-0.1, -0.05) is 92.2 Å². The second-order valence-electron chi connectivity index (χ2n) is 9.57. The van der Waals surface area contributed by atoms with Crippen LogP contribution in [0.1, 0.15) is 49.3 Å². The van der Waals surface area contributed by atoms with Crippen LogP contribution in [0, 0.1) is 0 Å². The Morgan fingerprint density at radius 3 is 2.05 bits per heavy atom. The summed E-state index contributed by atoms with van der Waals surface area (Å²) in [5, 5.41) is 12.2. The first-order chi connectivity index (χ1) is 17.8. The van der Waals surface area contributed by atoms with Crippen LogP contribution in [0.15, 0.2) is 78.9 Å². The van der Waals surface area contributed by atoms with Gasteiger partial charge in [-0.3, -0.25) is 9.59 Å². The van der Waals surface area contributed by atoms with Gasteiger partial charge < -0.3 is 20.1 Å². The van der Waals surface area contributed by atoms with E-state index in [2.05, 4.69) is 17.4 Å². The van der Waals surface area contributed by atoms with E-state index in [-0.39, 0.29) is 19.1 Å². The summed E-state index contributed by atoms with van der Waals surface area (Å²) in [6, 6.07) is 25.3. The Labute approximate surface area is 217 Å². The van der Waals surface area contributed by atoms with Gasteiger partial charge in [0.1, 0.15) is 18.7 Å². The van der Waals surface area contributed by atoms with Crippen LogP contribution in [-0.2, 0) is 20.9 Å². The van der Waals surface area contributed by atoms with Gasteiger partial charge in [-0.15, -0.1) is 0 Å². The molecule has 2 amide bonds. The van der Waals surface area contributed by atoms with Gasteiger partial charge in [0.2, 0.25) is 5.91 Å². The Bertz CT molecular complexity index is 1230. The molecule has 0 heterocycles. The van der Waals surface area contributed by atoms with Crippen LogP contribution in [0.2, 0.25) is 0 Å². The van der Waals surface area contributed by atoms with Crippen molar-refractivity contribution in [2.45, 2.75) is 44.7 Å². The van der Waals surface area contributed by atoms with E-state index in [9.17, 15) is 19.5 Å². The highest BCUT2D eigenvalue weighted by atomic mass is 16.5. The number of aliphatic carboxylic acids is 1. The number of nitrogens with one attached hydrogen (secondary N) is 1. The maximum absolute atomic E-state index is 13.6. The topological polar surface area (TPSA) is 95.9 Å². The quantitative estimate of drug-likeness (QED) is 0.399. The van der Waals surface area contributed by atoms with Crippen molar-refractivity contribution in [1.29, 1.82) is 0 Å². The number of hydrogen-bond donors (Lipinski definition) is 2. The van der Waals surface area contributed by atoms with Crippen molar-refractivity contribution < 1.29 is 24.2 Å². The molecular weight excluding hydrogens is 468 g/mol. The van der Waals surface area contributed by atoms with E-state index in [4.69, 9.17) is 4.74 Å². The lowest BCUT2D eigenvalue weighted by Gasteiger charge is -2.34. The maximum Gasteiger partial charge on any atom is 0.408 e. The van der Waals surface area contributed by atoms with Gasteiger partial charge in [0.05, 0.1) is 0 Å². The number of nitrogens with zero attached hydrogens (tertiary/aromatic N) is 1. The SMILES string of the molecule is CCCC(C)(NC(=O)OCC1c2ccccc2-c2ccccc21)C(=O)N(CC(=O)O)Cc1ccccc1. The van der Waals surface area contributed by atoms with E-state index in [0.29, 0.717) is 12.8 Å². The average Bonchev–Trinajstić information content (AvgIpc) is 3.21. The number of benzene rings is 3. The zero-order chi connectivity index (χ0) is 26.4. The summed E-state index contributed by atoms with van der Waals surface area (Å²) < 4.78 is 5.67. The molecule has 0 saturated heterocycles. The van der Waals surface area contributed by atoms with E-state index in [1.54, 1.807) is 6.92 Å². The Kier molecular flexibility index (Phi) is 7.92. The number of ether oxygens (including phenoxy) is 1. The molecule has 1 unspecified atom stereocenters. The first-order valence-electron chi connectivity index (χ1n) is 12.5. The lowest BCUT2D eigenvalue weighted by molar-refractivity contribution is -0.148. The summed E-state index contributed by atoms with van der Waals surface area (Å²) in [7, 11) is 0. The van der Waals surface area contributed by atoms with Gasteiger partial charge in [-0.2, -0.15) is 0 Å². The fraction of sp³-hybridized carbons (Fsp3) is 0.300. The Balaban J connectivity index is 1.48. The predicted octanol–water partition coefficient (Wildman–Crippen LogP) is 5.20. The summed E-state index contributed by atoms with van der Waals surface area (Å²) in [4.78, 5) is 39.4. The van der Waals surface area contributed by atoms with Crippen molar-refractivity contribution in [2.24, 2.45) is 0 Å². The van der Waals surface area contributed by atoms with Crippen molar-refractivity contribution in [1.82, 2.24) is 10.2 Å². The second-order valence-corrected chi connectivity index (χ2v) is 9.57. The summed E-state index contributed by atoms with van der Waals surface area (Å²) >= 11 is 0. The maximum atomic E-state index is 13.6. The molecule has 37 heavy (non-hydrogen) atoms. The van der Waals surface area contributed by atoms with Crippen LogP contribution in [-0.4, -0.2) is 46.7 Å². The van der Waals surface area contributed by atoms with Crippen LogP contribution in [0.4, 0.5) is 4.79 Å². The number of amides is 2. The highest BCUT2D eigenvalue weighted by Gasteiger charge is 2.39. The fourth-order valence-corrected chi connectivity index (χ4v) is 5.10. The molecule has 0 saturated carbocycles. The molecule has 0 radical (unpaired) electrons. The third-order valence-electron chi connectivity index (χ3n) is 6.77. The fourth-order valence-electron chi connectivity index (χ4n) is 5.10. The zero-order valence-electron chi connectivity index (χ0n) is 21.1. The molecule has 3 aromatic carbocycles. The number of hydrogen-bond acceptors (Lipinski definition) is 4. The molecule has 1 aliphatic rings. The normalized spacial score (nSPS) is 13.7. The van der Waals surface area contributed by atoms with Crippen LogP contribution in [0.25, 0.3) is 11.1 Å². The van der Waals surface area contributed by atoms with Crippen molar-refractivity contribution >= 4 is 18.0 Å². The van der Waals surface area contributed by atoms with Crippen LogP contribution < -0.4 is 5.32 Å². The summed E-state index contributed by atoms with van der Waals surface area (Å²) in [6.07, 6.45) is 0.236. The highest BCUT2D eigenvalue weighted by Crippen LogP contribution is 2.44. The van der Waals surface area contributed by atoms with E-state index in [0.717, 1.165) is 27.8 Å². The van der Waals surface area contributed by atoms with E-state index >= 15 is 0 Å². The molecule has 0 fully saturated rings. The third-order valence-corrected chi connectivity index (χ3v) is 6.77. The second kappa shape index (κ2) is 11.3. The Morgan fingerprint density at radius 1 is 0.919 bits per heavy atom. The van der Waals surface area contributed by atoms with Crippen molar-refractivity contribution in [3.63, 3.8) is 0 Å². The Morgan fingerprint density at radius 2 is 1.49 bits per heavy atom. The molecule has 4 rings (SSSR count). The highest BCUT2D eigenvalue weighted by molar-refractivity contribution is 5.91. The minimum Gasteiger partial charge on any atom is -0.480 e. The number of carbonyl (C=O) groups excluding carboxylic acids is 2. The van der Waals surface area contributed by atoms with Gasteiger partial charge in [-0.25, -0.2) is 4.79 Å². The first-order valence-corrected chi connectivity index (χ1v) is 12.5. The molecule has 3 aromatic rings. The van der Waals surface area contributed by atoms with Crippen LogP contribution in [0.5, 0.6) is 0 Å². The molecule has 2 N–H and O–H groups in total. The van der Waals surface area contributed by atoms with E-state index < -0.39 is 30.1 Å². The van der Waals surface area contributed by atoms with Crippen LogP contribution in [0.3, 0.4) is 0 Å². The number of rotatable bonds is 10. The van der Waals surface area contributed by atoms with Crippen molar-refractivity contribution in [3.8, 4) is 11.1 Å². The minimum atomic E-state index is -1.32. The van der Waals surface area contributed by atoms with Gasteiger partial charge in [0, 0.05) is 12.5 Å². The number of carboxylic acids is 1. The molecule has 7 nitrogen and oxygen atoms in total. The van der Waals surface area contributed by atoms with Gasteiger partial charge >= 0.3 is 12.1 Å². The predicted molar refractivity (Wildman–Crippen MR) is 141 cm³/mol. The lowest BCUT2D eigenvalue weighted by Crippen LogP contribution is -2.58. The summed E-state index contributed by atoms with van der Waals surface area (Å²) in [5.74, 6) is -1.69. The first kappa shape index (κ1) is 25.9. The van der Waals surface area contributed by atoms with Crippen molar-refractivity contribution in [3.05, 3.63) is 95.6 Å². The number of alkyl carbamates (subject to hydrolysis) is 1. The molecular formula is C30H32N2O5. The molecule has 192 valence electrons. The Hall–Kier alpha value is -4.13. The summed E-state index contributed by atoms with van der Waals surface area (Å²) in [6.45, 7) is 3.31. The third kappa shape index (κ3) is 5.82. The molecule has 1 atom stereocenters. The van der Waals surface area contributed by atoms with E-state index in [1.807, 2.05) is 73.7 Å². The number of carbonyl (C=O) groups is 3. The van der Waals surface area contributed by atoms with Gasteiger partial charge in [0.25, 0.3) is 0 Å². The van der Waals surface area contributed by atoms with Gasteiger partial charge in [-0.05, 0) is 41.2 Å². The zero-order valence-corrected chi connectivity index (χ0v) is 21.1. The van der Waals surface area contributed by atoms with E-state index in [1.165, 1.54) is 4.90 Å². The monoisotopic (exact) mass is 500 g/mol. The number of fused-ring (bicyclic) bond motifs is 3. The smallest absolute Gasteiger partial charge is 0.408 e. The molecule has 0 bridgehead atoms. The van der Waals surface area contributed by atoms with Crippen LogP contribution >= 0.6 is 0 Å². The lowest BCUT2D eigenvalue weighted by atomic mass is 9.94. The molecule has 0 spiro atoms. The molecule has 1 aliphatic carbocycles. The van der Waals surface area contributed by atoms with Gasteiger partial charge in [0.15, 0.2) is 0 Å². The average molecular weight is 501 g/mol. The van der Waals surface area contributed by atoms with Crippen molar-refractivity contribution in [2.75, 3.05) is 13.2 Å². The summed E-state index contributed by atoms with van der Waals surface area (Å²) in [5.41, 5.74) is 3.93.